The van der Waals surface area contributed by atoms with Gasteiger partial charge in [0.2, 0.25) is 0 Å². The number of nitrogens with one attached hydrogen (secondary N) is 1. The van der Waals surface area contributed by atoms with Gasteiger partial charge in [-0.25, -0.2) is 0 Å². The van der Waals surface area contributed by atoms with Gasteiger partial charge in [-0.15, -0.1) is 24.0 Å². The summed E-state index contributed by atoms with van der Waals surface area (Å²) in [6.45, 7) is 15.8. The SMILES string of the molecule is CCNC(=NCC(C)(C)N1CCCC(C)C1)N1CCCC1.I. The van der Waals surface area contributed by atoms with Crippen molar-refractivity contribution in [1.29, 1.82) is 0 Å². The molecule has 2 aliphatic heterocycles. The highest BCUT2D eigenvalue weighted by Crippen LogP contribution is 2.24. The van der Waals surface area contributed by atoms with Gasteiger partial charge in [0.1, 0.15) is 0 Å². The predicted molar refractivity (Wildman–Crippen MR) is 106 cm³/mol. The number of guanidine groups is 1. The number of likely N-dealkylation sites (tertiary alicyclic amines) is 2. The summed E-state index contributed by atoms with van der Waals surface area (Å²) in [5.74, 6) is 1.95. The summed E-state index contributed by atoms with van der Waals surface area (Å²) in [7, 11) is 0. The quantitative estimate of drug-likeness (QED) is 0.429. The number of rotatable bonds is 4. The van der Waals surface area contributed by atoms with E-state index in [-0.39, 0.29) is 29.5 Å². The summed E-state index contributed by atoms with van der Waals surface area (Å²) in [4.78, 5) is 10.0. The van der Waals surface area contributed by atoms with Crippen LogP contribution in [0.4, 0.5) is 0 Å². The minimum absolute atomic E-state index is 0. The largest absolute Gasteiger partial charge is 0.357 e. The highest BCUT2D eigenvalue weighted by molar-refractivity contribution is 14.0. The van der Waals surface area contributed by atoms with Crippen molar-refractivity contribution in [2.75, 3.05) is 39.3 Å². The molecular formula is C17H35IN4. The van der Waals surface area contributed by atoms with Crippen molar-refractivity contribution < 1.29 is 0 Å². The van der Waals surface area contributed by atoms with E-state index in [1.165, 1.54) is 38.8 Å². The molecule has 0 spiro atoms. The van der Waals surface area contributed by atoms with Gasteiger partial charge in [-0.1, -0.05) is 6.92 Å². The molecule has 4 nitrogen and oxygen atoms in total. The summed E-state index contributed by atoms with van der Waals surface area (Å²) >= 11 is 0. The summed E-state index contributed by atoms with van der Waals surface area (Å²) in [5.41, 5.74) is 0.162. The Balaban J connectivity index is 0.00000242. The van der Waals surface area contributed by atoms with E-state index in [1.54, 1.807) is 0 Å². The second-order valence-electron chi connectivity index (χ2n) is 7.37. The first-order valence-corrected chi connectivity index (χ1v) is 8.81. The molecule has 0 aromatic heterocycles. The van der Waals surface area contributed by atoms with Crippen molar-refractivity contribution in [3.8, 4) is 0 Å². The third-order valence-corrected chi connectivity index (χ3v) is 4.87. The molecule has 2 aliphatic rings. The van der Waals surface area contributed by atoms with Crippen LogP contribution in [0.2, 0.25) is 0 Å². The first-order valence-electron chi connectivity index (χ1n) is 8.81. The number of nitrogens with zero attached hydrogens (tertiary/aromatic N) is 3. The minimum atomic E-state index is 0. The maximum absolute atomic E-state index is 4.96. The van der Waals surface area contributed by atoms with E-state index in [0.29, 0.717) is 0 Å². The number of halogens is 1. The van der Waals surface area contributed by atoms with E-state index in [9.17, 15) is 0 Å². The topological polar surface area (TPSA) is 30.9 Å². The normalized spacial score (nSPS) is 24.3. The maximum atomic E-state index is 4.96. The van der Waals surface area contributed by atoms with Crippen molar-refractivity contribution in [1.82, 2.24) is 15.1 Å². The second-order valence-corrected chi connectivity index (χ2v) is 7.37. The van der Waals surface area contributed by atoms with Crippen LogP contribution in [-0.2, 0) is 0 Å². The van der Waals surface area contributed by atoms with Gasteiger partial charge in [0, 0.05) is 31.7 Å². The molecule has 2 heterocycles. The highest BCUT2D eigenvalue weighted by atomic mass is 127. The standard InChI is InChI=1S/C17H34N4.HI/c1-5-18-16(20-10-6-7-11-20)19-14-17(3,4)21-12-8-9-15(2)13-21;/h15H,5-14H2,1-4H3,(H,18,19);1H. The zero-order valence-electron chi connectivity index (χ0n) is 14.9. The van der Waals surface area contributed by atoms with Crippen LogP contribution in [0.25, 0.3) is 0 Å². The Labute approximate surface area is 154 Å². The van der Waals surface area contributed by atoms with Gasteiger partial charge >= 0.3 is 0 Å². The molecule has 0 bridgehead atoms. The summed E-state index contributed by atoms with van der Waals surface area (Å²) < 4.78 is 0. The van der Waals surface area contributed by atoms with Crippen LogP contribution in [0.5, 0.6) is 0 Å². The summed E-state index contributed by atoms with van der Waals surface area (Å²) in [6.07, 6.45) is 5.32. The first kappa shape index (κ1) is 20.0. The Morgan fingerprint density at radius 3 is 2.45 bits per heavy atom. The van der Waals surface area contributed by atoms with Crippen LogP contribution in [0.15, 0.2) is 4.99 Å². The number of hydrogen-bond donors (Lipinski definition) is 1. The Bertz CT molecular complexity index is 351. The predicted octanol–water partition coefficient (Wildman–Crippen LogP) is 3.18. The third-order valence-electron chi connectivity index (χ3n) is 4.87. The van der Waals surface area contributed by atoms with E-state index in [0.717, 1.165) is 38.1 Å². The van der Waals surface area contributed by atoms with Crippen molar-refractivity contribution >= 4 is 29.9 Å². The molecule has 0 aromatic carbocycles. The van der Waals surface area contributed by atoms with Gasteiger partial charge in [0.05, 0.1) is 6.54 Å². The number of hydrogen-bond acceptors (Lipinski definition) is 2. The van der Waals surface area contributed by atoms with Gasteiger partial charge in [0.25, 0.3) is 0 Å². The molecule has 1 atom stereocenters. The van der Waals surface area contributed by atoms with Crippen LogP contribution in [0.3, 0.4) is 0 Å². The molecule has 0 aliphatic carbocycles. The fourth-order valence-corrected chi connectivity index (χ4v) is 3.46. The summed E-state index contributed by atoms with van der Waals surface area (Å²) in [5, 5.41) is 3.47. The van der Waals surface area contributed by atoms with Crippen LogP contribution >= 0.6 is 24.0 Å². The maximum Gasteiger partial charge on any atom is 0.193 e. The molecule has 2 rings (SSSR count). The number of piperidine rings is 1. The van der Waals surface area contributed by atoms with Crippen LogP contribution in [0.1, 0.15) is 53.4 Å². The lowest BCUT2D eigenvalue weighted by Crippen LogP contribution is -2.51. The van der Waals surface area contributed by atoms with Gasteiger partial charge in [-0.05, 0) is 58.9 Å². The fraction of sp³-hybridized carbons (Fsp3) is 0.941. The highest BCUT2D eigenvalue weighted by Gasteiger charge is 2.30. The van der Waals surface area contributed by atoms with Crippen LogP contribution < -0.4 is 5.32 Å². The average molecular weight is 422 g/mol. The van der Waals surface area contributed by atoms with E-state index < -0.39 is 0 Å². The summed E-state index contributed by atoms with van der Waals surface area (Å²) in [6, 6.07) is 0. The third kappa shape index (κ3) is 5.55. The Kier molecular flexibility index (Phi) is 8.46. The van der Waals surface area contributed by atoms with Crippen molar-refractivity contribution in [2.45, 2.75) is 58.9 Å². The lowest BCUT2D eigenvalue weighted by Gasteiger charge is -2.42. The number of aliphatic imine (C=N–C) groups is 1. The zero-order chi connectivity index (χ0) is 15.3. The van der Waals surface area contributed by atoms with Crippen molar-refractivity contribution in [3.05, 3.63) is 0 Å². The van der Waals surface area contributed by atoms with Crippen molar-refractivity contribution in [3.63, 3.8) is 0 Å². The van der Waals surface area contributed by atoms with E-state index >= 15 is 0 Å². The molecule has 0 aromatic rings. The molecule has 0 saturated carbocycles. The lowest BCUT2D eigenvalue weighted by atomic mass is 9.94. The van der Waals surface area contributed by atoms with Gasteiger partial charge in [0.15, 0.2) is 5.96 Å². The molecule has 0 radical (unpaired) electrons. The van der Waals surface area contributed by atoms with Gasteiger partial charge < -0.3 is 10.2 Å². The van der Waals surface area contributed by atoms with Gasteiger partial charge in [-0.3, -0.25) is 9.89 Å². The van der Waals surface area contributed by atoms with Gasteiger partial charge in [-0.2, -0.15) is 0 Å². The van der Waals surface area contributed by atoms with Crippen LogP contribution in [-0.4, -0.2) is 60.6 Å². The molecule has 5 heteroatoms. The Morgan fingerprint density at radius 2 is 1.86 bits per heavy atom. The van der Waals surface area contributed by atoms with E-state index in [2.05, 4.69) is 42.8 Å². The molecule has 2 fully saturated rings. The smallest absolute Gasteiger partial charge is 0.193 e. The Morgan fingerprint density at radius 1 is 1.18 bits per heavy atom. The molecule has 0 amide bonds. The zero-order valence-corrected chi connectivity index (χ0v) is 17.2. The van der Waals surface area contributed by atoms with E-state index in [1.807, 2.05) is 0 Å². The lowest BCUT2D eigenvalue weighted by molar-refractivity contribution is 0.0773. The monoisotopic (exact) mass is 422 g/mol. The van der Waals surface area contributed by atoms with Crippen molar-refractivity contribution in [2.24, 2.45) is 10.9 Å². The average Bonchev–Trinajstić information content (AvgIpc) is 2.97. The minimum Gasteiger partial charge on any atom is -0.357 e. The Hall–Kier alpha value is -0.0400. The molecule has 130 valence electrons. The fourth-order valence-electron chi connectivity index (χ4n) is 3.46. The molecule has 1 unspecified atom stereocenters. The first-order chi connectivity index (χ1) is 10.0. The molecule has 2 saturated heterocycles. The molecule has 22 heavy (non-hydrogen) atoms. The molecule has 1 N–H and O–H groups in total. The van der Waals surface area contributed by atoms with Crippen LogP contribution in [0, 0.1) is 5.92 Å². The second kappa shape index (κ2) is 9.30. The van der Waals surface area contributed by atoms with E-state index in [4.69, 9.17) is 4.99 Å². The molecular weight excluding hydrogens is 387 g/mol.